The number of amides is 2. The van der Waals surface area contributed by atoms with E-state index in [0.29, 0.717) is 0 Å². The molecule has 16 heavy (non-hydrogen) atoms. The number of likely N-dealkylation sites (N-methyl/N-ethyl adjacent to an activating group) is 1. The SMILES string of the molecule is CC(=O)OC12CC(=O)OC1C(=O)N(C)C2=O. The molecule has 2 heterocycles. The molecule has 2 saturated heterocycles. The predicted molar refractivity (Wildman–Crippen MR) is 46.8 cm³/mol. The third kappa shape index (κ3) is 1.14. The van der Waals surface area contributed by atoms with Crippen LogP contribution in [0.25, 0.3) is 0 Å². The van der Waals surface area contributed by atoms with Crippen molar-refractivity contribution < 1.29 is 28.7 Å². The number of ether oxygens (including phenoxy) is 2. The number of carbonyl (C=O) groups is 4. The van der Waals surface area contributed by atoms with Gasteiger partial charge in [0.2, 0.25) is 11.7 Å². The highest BCUT2D eigenvalue weighted by atomic mass is 16.6. The summed E-state index contributed by atoms with van der Waals surface area (Å²) in [6.07, 6.45) is -1.74. The van der Waals surface area contributed by atoms with Gasteiger partial charge in [-0.25, -0.2) is 0 Å². The fourth-order valence-electron chi connectivity index (χ4n) is 1.96. The molecule has 0 bridgehead atoms. The Balaban J connectivity index is 2.45. The Morgan fingerprint density at radius 1 is 1.50 bits per heavy atom. The molecule has 2 atom stereocenters. The molecule has 7 heteroatoms. The molecule has 7 nitrogen and oxygen atoms in total. The fraction of sp³-hybridized carbons (Fsp3) is 0.556. The lowest BCUT2D eigenvalue weighted by atomic mass is 9.97. The van der Waals surface area contributed by atoms with E-state index >= 15 is 0 Å². The van der Waals surface area contributed by atoms with Crippen LogP contribution < -0.4 is 0 Å². The Morgan fingerprint density at radius 2 is 2.12 bits per heavy atom. The summed E-state index contributed by atoms with van der Waals surface area (Å²) in [5.41, 5.74) is -1.78. The largest absolute Gasteiger partial charge is 0.447 e. The van der Waals surface area contributed by atoms with Crippen LogP contribution >= 0.6 is 0 Å². The molecule has 0 N–H and O–H groups in total. The number of hydrogen-bond donors (Lipinski definition) is 0. The second-order valence-electron chi connectivity index (χ2n) is 3.73. The minimum Gasteiger partial charge on any atom is -0.447 e. The zero-order valence-electron chi connectivity index (χ0n) is 8.68. The molecule has 0 aromatic heterocycles. The third-order valence-corrected chi connectivity index (χ3v) is 2.63. The first-order valence-corrected chi connectivity index (χ1v) is 4.59. The van der Waals surface area contributed by atoms with E-state index in [4.69, 9.17) is 9.47 Å². The lowest BCUT2D eigenvalue weighted by Crippen LogP contribution is -2.46. The van der Waals surface area contributed by atoms with E-state index in [1.54, 1.807) is 0 Å². The van der Waals surface area contributed by atoms with Crippen molar-refractivity contribution in [3.8, 4) is 0 Å². The van der Waals surface area contributed by atoms with Crippen LogP contribution in [0.4, 0.5) is 0 Å². The summed E-state index contributed by atoms with van der Waals surface area (Å²) >= 11 is 0. The van der Waals surface area contributed by atoms with Crippen LogP contribution in [0.1, 0.15) is 13.3 Å². The first-order chi connectivity index (χ1) is 7.38. The molecule has 0 aromatic rings. The Bertz CT molecular complexity index is 416. The highest BCUT2D eigenvalue weighted by molar-refractivity contribution is 6.14. The fourth-order valence-corrected chi connectivity index (χ4v) is 1.96. The van der Waals surface area contributed by atoms with E-state index in [1.807, 2.05) is 0 Å². The zero-order valence-corrected chi connectivity index (χ0v) is 8.68. The maximum atomic E-state index is 11.8. The highest BCUT2D eigenvalue weighted by Gasteiger charge is 2.68. The van der Waals surface area contributed by atoms with Crippen molar-refractivity contribution in [2.75, 3.05) is 7.05 Å². The molecule has 2 aliphatic heterocycles. The van der Waals surface area contributed by atoms with Crippen molar-refractivity contribution in [2.45, 2.75) is 25.0 Å². The topological polar surface area (TPSA) is 90.0 Å². The first-order valence-electron chi connectivity index (χ1n) is 4.59. The van der Waals surface area contributed by atoms with Crippen LogP contribution in [0, 0.1) is 0 Å². The quantitative estimate of drug-likeness (QED) is 0.404. The second kappa shape index (κ2) is 3.03. The summed E-state index contributed by atoms with van der Waals surface area (Å²) < 4.78 is 9.56. The molecule has 2 aliphatic rings. The monoisotopic (exact) mass is 227 g/mol. The van der Waals surface area contributed by atoms with E-state index in [-0.39, 0.29) is 0 Å². The molecular formula is C9H9NO6. The Kier molecular flexibility index (Phi) is 2.01. The van der Waals surface area contributed by atoms with E-state index in [9.17, 15) is 19.2 Å². The summed E-state index contributed by atoms with van der Waals surface area (Å²) in [7, 11) is 1.25. The summed E-state index contributed by atoms with van der Waals surface area (Å²) in [6, 6.07) is 0. The van der Waals surface area contributed by atoms with Gasteiger partial charge in [-0.05, 0) is 0 Å². The summed E-state index contributed by atoms with van der Waals surface area (Å²) in [5.74, 6) is -2.85. The van der Waals surface area contributed by atoms with Gasteiger partial charge in [0.15, 0.2) is 0 Å². The van der Waals surface area contributed by atoms with Crippen LogP contribution in [-0.2, 0) is 28.7 Å². The smallest absolute Gasteiger partial charge is 0.311 e. The van der Waals surface area contributed by atoms with E-state index in [2.05, 4.69) is 0 Å². The van der Waals surface area contributed by atoms with Gasteiger partial charge in [-0.1, -0.05) is 0 Å². The average Bonchev–Trinajstić information content (AvgIpc) is 2.58. The number of fused-ring (bicyclic) bond motifs is 1. The molecular weight excluding hydrogens is 218 g/mol. The molecule has 86 valence electrons. The van der Waals surface area contributed by atoms with Crippen molar-refractivity contribution in [1.29, 1.82) is 0 Å². The van der Waals surface area contributed by atoms with Gasteiger partial charge in [0.1, 0.15) is 0 Å². The lowest BCUT2D eigenvalue weighted by molar-refractivity contribution is -0.169. The maximum Gasteiger partial charge on any atom is 0.311 e. The van der Waals surface area contributed by atoms with Crippen LogP contribution in [0.3, 0.4) is 0 Å². The van der Waals surface area contributed by atoms with Crippen LogP contribution in [0.2, 0.25) is 0 Å². The highest BCUT2D eigenvalue weighted by Crippen LogP contribution is 2.38. The summed E-state index contributed by atoms with van der Waals surface area (Å²) in [4.78, 5) is 46.2. The first kappa shape index (κ1) is 10.6. The third-order valence-electron chi connectivity index (χ3n) is 2.63. The van der Waals surface area contributed by atoms with Gasteiger partial charge < -0.3 is 9.47 Å². The molecule has 2 amide bonds. The minimum atomic E-state index is -1.78. The molecule has 0 saturated carbocycles. The molecule has 0 aromatic carbocycles. The zero-order chi connectivity index (χ0) is 12.1. The number of esters is 2. The molecule has 2 rings (SSSR count). The van der Waals surface area contributed by atoms with E-state index in [0.717, 1.165) is 11.8 Å². The summed E-state index contributed by atoms with van der Waals surface area (Å²) in [6.45, 7) is 1.10. The average molecular weight is 227 g/mol. The molecule has 0 radical (unpaired) electrons. The number of rotatable bonds is 1. The van der Waals surface area contributed by atoms with Crippen molar-refractivity contribution in [2.24, 2.45) is 0 Å². The van der Waals surface area contributed by atoms with Gasteiger partial charge in [-0.2, -0.15) is 0 Å². The van der Waals surface area contributed by atoms with Crippen LogP contribution in [-0.4, -0.2) is 47.4 Å². The Labute approximate surface area is 90.3 Å². The van der Waals surface area contributed by atoms with Gasteiger partial charge >= 0.3 is 11.9 Å². The molecule has 0 aliphatic carbocycles. The van der Waals surface area contributed by atoms with Crippen LogP contribution in [0.5, 0.6) is 0 Å². The maximum absolute atomic E-state index is 11.8. The number of likely N-dealkylation sites (tertiary alicyclic amines) is 1. The molecule has 0 spiro atoms. The van der Waals surface area contributed by atoms with E-state index < -0.39 is 41.9 Å². The van der Waals surface area contributed by atoms with Crippen LogP contribution in [0.15, 0.2) is 0 Å². The second-order valence-corrected chi connectivity index (χ2v) is 3.73. The lowest BCUT2D eigenvalue weighted by Gasteiger charge is -2.21. The van der Waals surface area contributed by atoms with Gasteiger partial charge in [-0.3, -0.25) is 24.1 Å². The number of carbonyl (C=O) groups excluding carboxylic acids is 4. The molecule has 2 unspecified atom stereocenters. The van der Waals surface area contributed by atoms with Gasteiger partial charge in [-0.15, -0.1) is 0 Å². The standard InChI is InChI=1S/C9H9NO6/c1-4(11)16-9-3-5(12)15-6(9)7(13)10(2)8(9)14/h6H,3H2,1-2H3. The van der Waals surface area contributed by atoms with Crippen molar-refractivity contribution >= 4 is 23.8 Å². The van der Waals surface area contributed by atoms with E-state index in [1.165, 1.54) is 7.05 Å². The van der Waals surface area contributed by atoms with Crippen molar-refractivity contribution in [3.05, 3.63) is 0 Å². The van der Waals surface area contributed by atoms with Gasteiger partial charge in [0.25, 0.3) is 11.8 Å². The van der Waals surface area contributed by atoms with Crippen molar-refractivity contribution in [1.82, 2.24) is 4.90 Å². The van der Waals surface area contributed by atoms with Gasteiger partial charge in [0, 0.05) is 14.0 Å². The number of imide groups is 1. The van der Waals surface area contributed by atoms with Crippen molar-refractivity contribution in [3.63, 3.8) is 0 Å². The number of nitrogens with zero attached hydrogens (tertiary/aromatic N) is 1. The summed E-state index contributed by atoms with van der Waals surface area (Å²) in [5, 5.41) is 0. The Morgan fingerprint density at radius 3 is 2.69 bits per heavy atom. The van der Waals surface area contributed by atoms with Gasteiger partial charge in [0.05, 0.1) is 6.42 Å². The molecule has 2 fully saturated rings. The number of hydrogen-bond acceptors (Lipinski definition) is 6. The normalized spacial score (nSPS) is 32.8. The predicted octanol–water partition coefficient (Wildman–Crippen LogP) is -1.40. The Hall–Kier alpha value is -1.92. The minimum absolute atomic E-state index is 0.411.